The van der Waals surface area contributed by atoms with Crippen molar-refractivity contribution in [3.8, 4) is 0 Å². The molecule has 0 aromatic carbocycles. The van der Waals surface area contributed by atoms with Gasteiger partial charge in [-0.15, -0.1) is 0 Å². The maximum Gasteiger partial charge on any atom is 0.243 e. The van der Waals surface area contributed by atoms with Crippen molar-refractivity contribution in [2.75, 3.05) is 5.75 Å². The lowest BCUT2D eigenvalue weighted by Gasteiger charge is -1.95. The van der Waals surface area contributed by atoms with E-state index in [-0.39, 0.29) is 5.75 Å². The molecule has 112 valence electrons. The van der Waals surface area contributed by atoms with Crippen molar-refractivity contribution in [2.24, 2.45) is 7.05 Å². The van der Waals surface area contributed by atoms with Crippen LogP contribution in [0.1, 0.15) is 12.8 Å². The lowest BCUT2D eigenvalue weighted by Crippen LogP contribution is -2.23. The third-order valence-electron chi connectivity index (χ3n) is 1.88. The minimum absolute atomic E-state index is 0.0575. The van der Waals surface area contributed by atoms with Gasteiger partial charge in [0.2, 0.25) is 15.4 Å². The number of aryl methyl sites for hydroxylation is 2. The molecule has 1 heterocycles. The van der Waals surface area contributed by atoms with Crippen molar-refractivity contribution < 1.29 is 26.0 Å². The monoisotopic (exact) mass is 352 g/mol. The maximum atomic E-state index is 10.6. The molecule has 1 rings (SSSR count). The van der Waals surface area contributed by atoms with Crippen LogP contribution in [0, 0.1) is 0 Å². The number of imidazole rings is 1. The predicted octanol–water partition coefficient (Wildman–Crippen LogP) is 0.347. The van der Waals surface area contributed by atoms with Gasteiger partial charge in [-0.1, -0.05) is 0 Å². The van der Waals surface area contributed by atoms with Gasteiger partial charge in [0.15, 0.2) is 9.33 Å². The molecule has 1 aromatic rings. The largest absolute Gasteiger partial charge is 0.735 e. The fraction of sp³-hybridized carbons (Fsp3) is 0.625. The van der Waals surface area contributed by atoms with Crippen LogP contribution in [0.2, 0.25) is 0 Å². The Bertz CT molecular complexity index is 574. The molecule has 0 bridgehead atoms. The first-order chi connectivity index (χ1) is 8.47. The van der Waals surface area contributed by atoms with Gasteiger partial charge < -0.3 is 4.55 Å². The fourth-order valence-electron chi connectivity index (χ4n) is 1.20. The molecule has 0 unspecified atom stereocenters. The molecule has 0 N–H and O–H groups in total. The summed E-state index contributed by atoms with van der Waals surface area (Å²) in [5.41, 5.74) is 0. The van der Waals surface area contributed by atoms with Crippen LogP contribution in [0.3, 0.4) is 0 Å². The van der Waals surface area contributed by atoms with Crippen LogP contribution in [0.5, 0.6) is 0 Å². The van der Waals surface area contributed by atoms with E-state index in [9.17, 15) is 8.42 Å². The van der Waals surface area contributed by atoms with Crippen LogP contribution in [-0.2, 0) is 32.0 Å². The highest BCUT2D eigenvalue weighted by atomic mass is 35.7. The fourth-order valence-corrected chi connectivity index (χ4v) is 2.08. The molecule has 1 aromatic heterocycles. The molecule has 0 aliphatic rings. The highest BCUT2D eigenvalue weighted by molar-refractivity contribution is 8.13. The molecular weight excluding hydrogens is 339 g/mol. The second-order valence-electron chi connectivity index (χ2n) is 3.66. The van der Waals surface area contributed by atoms with Crippen LogP contribution in [-0.4, -0.2) is 31.7 Å². The van der Waals surface area contributed by atoms with E-state index in [0.29, 0.717) is 6.42 Å². The van der Waals surface area contributed by atoms with Gasteiger partial charge in [0, 0.05) is 21.4 Å². The molecule has 0 radical (unpaired) electrons. The molecule has 0 aliphatic carbocycles. The van der Waals surface area contributed by atoms with Gasteiger partial charge in [-0.05, 0) is 12.8 Å². The quantitative estimate of drug-likeness (QED) is 0.329. The van der Waals surface area contributed by atoms with E-state index in [1.165, 1.54) is 0 Å². The average Bonchev–Trinajstić information content (AvgIpc) is 2.55. The zero-order chi connectivity index (χ0) is 15.1. The summed E-state index contributed by atoms with van der Waals surface area (Å²) in [6.45, 7) is 0.827. The van der Waals surface area contributed by atoms with Crippen LogP contribution >= 0.6 is 21.4 Å². The first-order valence-electron chi connectivity index (χ1n) is 5.06. The van der Waals surface area contributed by atoms with E-state index in [1.54, 1.807) is 0 Å². The molecule has 0 atom stereocenters. The lowest BCUT2D eigenvalue weighted by molar-refractivity contribution is -0.671. The predicted molar refractivity (Wildman–Crippen MR) is 70.0 cm³/mol. The Hall–Kier alpha value is -0.350. The summed E-state index contributed by atoms with van der Waals surface area (Å²) in [4.78, 5) is 0. The summed E-state index contributed by atoms with van der Waals surface area (Å²) in [6.07, 6.45) is 7.27. The number of unbranched alkanes of at least 4 members (excludes halogenated alkanes) is 1. The van der Waals surface area contributed by atoms with Gasteiger partial charge in [-0.2, -0.15) is 0 Å². The van der Waals surface area contributed by atoms with Gasteiger partial charge in [0.1, 0.15) is 12.4 Å². The Morgan fingerprint density at radius 1 is 1.21 bits per heavy atom. The third kappa shape index (κ3) is 15.6. The second-order valence-corrected chi connectivity index (χ2v) is 8.48. The Morgan fingerprint density at radius 2 is 1.74 bits per heavy atom. The number of nitrogens with zero attached hydrogens (tertiary/aromatic N) is 2. The topological polar surface area (TPSA) is 100 Å². The summed E-state index contributed by atoms with van der Waals surface area (Å²) in [5.74, 6) is 0.0575. The molecule has 0 saturated carbocycles. The first kappa shape index (κ1) is 18.7. The summed E-state index contributed by atoms with van der Waals surface area (Å²) in [5, 5.41) is 0. The molecule has 0 aliphatic heterocycles. The van der Waals surface area contributed by atoms with E-state index in [2.05, 4.69) is 10.7 Å². The van der Waals surface area contributed by atoms with Crippen molar-refractivity contribution in [1.82, 2.24) is 4.57 Å². The Labute approximate surface area is 121 Å². The van der Waals surface area contributed by atoms with E-state index >= 15 is 0 Å². The normalized spacial score (nSPS) is 11.8. The van der Waals surface area contributed by atoms with Crippen LogP contribution < -0.4 is 4.57 Å². The zero-order valence-corrected chi connectivity index (χ0v) is 13.2. The van der Waals surface area contributed by atoms with Crippen molar-refractivity contribution >= 4 is 39.7 Å². The Morgan fingerprint density at radius 3 is 2.11 bits per heavy atom. The number of hydrogen-bond donors (Lipinski definition) is 0. The molecule has 0 amide bonds. The Balaban J connectivity index is 0.000000555. The summed E-state index contributed by atoms with van der Waals surface area (Å²) in [7, 11) is 3.21. The highest BCUT2D eigenvalue weighted by Gasteiger charge is 2.05. The molecule has 0 fully saturated rings. The summed E-state index contributed by atoms with van der Waals surface area (Å²) in [6, 6.07) is 0. The van der Waals surface area contributed by atoms with Gasteiger partial charge in [0.05, 0.1) is 19.3 Å². The maximum absolute atomic E-state index is 10.6. The highest BCUT2D eigenvalue weighted by Crippen LogP contribution is 2.02. The van der Waals surface area contributed by atoms with E-state index in [0.717, 1.165) is 13.0 Å². The summed E-state index contributed by atoms with van der Waals surface area (Å²) < 4.78 is 51.7. The minimum atomic E-state index is -4.44. The standard InChI is InChI=1S/C8H14ClN2O2S.ClHO3S/c1-10-5-6-11(8-10)4-2-3-7-14(9,12)13;1-5(2,3)4/h5-6,8H,2-4,7H2,1H3;(H,2,3,4)/q+1;/p-1. The summed E-state index contributed by atoms with van der Waals surface area (Å²) >= 11 is 0. The van der Waals surface area contributed by atoms with Gasteiger partial charge in [-0.3, -0.25) is 0 Å². The van der Waals surface area contributed by atoms with E-state index in [1.807, 2.05) is 34.9 Å². The van der Waals surface area contributed by atoms with Crippen molar-refractivity contribution in [1.29, 1.82) is 0 Å². The second kappa shape index (κ2) is 8.05. The molecule has 7 nitrogen and oxygen atoms in total. The number of rotatable bonds is 5. The smallest absolute Gasteiger partial charge is 0.243 e. The van der Waals surface area contributed by atoms with E-state index in [4.69, 9.17) is 23.7 Å². The number of hydrogen-bond acceptors (Lipinski definition) is 5. The zero-order valence-electron chi connectivity index (χ0n) is 10.1. The van der Waals surface area contributed by atoms with Crippen molar-refractivity contribution in [3.63, 3.8) is 0 Å². The minimum Gasteiger partial charge on any atom is -0.735 e. The number of halogens is 2. The van der Waals surface area contributed by atoms with Gasteiger partial charge in [0.25, 0.3) is 0 Å². The SMILES string of the molecule is C[n+]1ccn(CCCCS(=O)(=O)Cl)c1.O=S(=O)([O-])Cl. The molecule has 19 heavy (non-hydrogen) atoms. The van der Waals surface area contributed by atoms with Crippen molar-refractivity contribution in [3.05, 3.63) is 18.7 Å². The molecule has 0 spiro atoms. The Kier molecular flexibility index (Phi) is 7.90. The lowest BCUT2D eigenvalue weighted by atomic mass is 10.3. The van der Waals surface area contributed by atoms with Crippen LogP contribution in [0.25, 0.3) is 0 Å². The van der Waals surface area contributed by atoms with Crippen LogP contribution in [0.4, 0.5) is 0 Å². The average molecular weight is 353 g/mol. The molecular formula is C8H14Cl2N2O5S2. The first-order valence-corrected chi connectivity index (χ1v) is 9.77. The van der Waals surface area contributed by atoms with Gasteiger partial charge >= 0.3 is 0 Å². The molecule has 0 saturated heterocycles. The van der Waals surface area contributed by atoms with E-state index < -0.39 is 18.4 Å². The molecule has 11 heteroatoms. The van der Waals surface area contributed by atoms with Gasteiger partial charge in [-0.25, -0.2) is 26.0 Å². The third-order valence-corrected chi connectivity index (χ3v) is 3.12. The number of aromatic nitrogens is 2. The van der Waals surface area contributed by atoms with Crippen LogP contribution in [0.15, 0.2) is 18.7 Å². The van der Waals surface area contributed by atoms with Crippen molar-refractivity contribution in [2.45, 2.75) is 19.4 Å².